The second-order valence-electron chi connectivity index (χ2n) is 6.40. The standard InChI is InChI=1S/C22H12N2O/c25-21-15-9-3-2-8-14(15)20-19(21)13-7-1-4-10-16(13)22-23-17-11-5-6-12-18(17)24(20)22/h1-12H. The van der Waals surface area contributed by atoms with Crippen LogP contribution in [0.4, 0.5) is 0 Å². The third-order valence-electron chi connectivity index (χ3n) is 5.11. The molecule has 116 valence electrons. The molecule has 5 aromatic rings. The molecule has 0 atom stereocenters. The second kappa shape index (κ2) is 4.33. The van der Waals surface area contributed by atoms with Gasteiger partial charge in [0.15, 0.2) is 5.78 Å². The molecule has 1 aliphatic carbocycles. The third-order valence-corrected chi connectivity index (χ3v) is 5.11. The summed E-state index contributed by atoms with van der Waals surface area (Å²) in [4.78, 5) is 18.0. The first-order chi connectivity index (χ1) is 12.3. The number of hydrogen-bond acceptors (Lipinski definition) is 2. The number of nitrogens with zero attached hydrogens (tertiary/aromatic N) is 2. The van der Waals surface area contributed by atoms with Gasteiger partial charge in [-0.1, -0.05) is 60.7 Å². The molecule has 0 N–H and O–H groups in total. The quantitative estimate of drug-likeness (QED) is 0.401. The number of hydrogen-bond donors (Lipinski definition) is 0. The fourth-order valence-electron chi connectivity index (χ4n) is 4.08. The maximum atomic E-state index is 13.2. The van der Waals surface area contributed by atoms with Crippen molar-refractivity contribution >= 4 is 33.2 Å². The van der Waals surface area contributed by atoms with Crippen molar-refractivity contribution in [2.24, 2.45) is 0 Å². The highest BCUT2D eigenvalue weighted by atomic mass is 16.1. The van der Waals surface area contributed by atoms with E-state index in [-0.39, 0.29) is 5.78 Å². The highest BCUT2D eigenvalue weighted by molar-refractivity contribution is 6.28. The minimum atomic E-state index is 0.0986. The molecule has 3 nitrogen and oxygen atoms in total. The molecule has 0 saturated heterocycles. The molecule has 0 radical (unpaired) electrons. The van der Waals surface area contributed by atoms with E-state index in [1.165, 1.54) is 0 Å². The second-order valence-corrected chi connectivity index (χ2v) is 6.40. The summed E-state index contributed by atoms with van der Waals surface area (Å²) in [5, 5.41) is 1.99. The van der Waals surface area contributed by atoms with Gasteiger partial charge < -0.3 is 0 Å². The van der Waals surface area contributed by atoms with E-state index in [2.05, 4.69) is 10.5 Å². The van der Waals surface area contributed by atoms with E-state index in [0.29, 0.717) is 0 Å². The molecule has 2 aromatic heterocycles. The number of rotatable bonds is 0. The van der Waals surface area contributed by atoms with Crippen molar-refractivity contribution in [2.75, 3.05) is 0 Å². The highest BCUT2D eigenvalue weighted by Crippen LogP contribution is 2.42. The maximum absolute atomic E-state index is 13.2. The Morgan fingerprint density at radius 2 is 1.40 bits per heavy atom. The van der Waals surface area contributed by atoms with E-state index >= 15 is 0 Å². The van der Waals surface area contributed by atoms with Crippen molar-refractivity contribution in [3.63, 3.8) is 0 Å². The molecule has 2 heterocycles. The zero-order chi connectivity index (χ0) is 16.5. The normalized spacial score (nSPS) is 12.9. The van der Waals surface area contributed by atoms with Gasteiger partial charge in [-0.25, -0.2) is 4.98 Å². The number of carbonyl (C=O) groups is 1. The molecule has 0 aliphatic heterocycles. The van der Waals surface area contributed by atoms with Crippen LogP contribution in [0.15, 0.2) is 72.8 Å². The maximum Gasteiger partial charge on any atom is 0.196 e. The van der Waals surface area contributed by atoms with Gasteiger partial charge in [-0.15, -0.1) is 0 Å². The lowest BCUT2D eigenvalue weighted by Crippen LogP contribution is -2.00. The summed E-state index contributed by atoms with van der Waals surface area (Å²) in [6.45, 7) is 0. The van der Waals surface area contributed by atoms with Crippen molar-refractivity contribution in [1.29, 1.82) is 0 Å². The van der Waals surface area contributed by atoms with Crippen LogP contribution in [0.3, 0.4) is 0 Å². The summed E-state index contributed by atoms with van der Waals surface area (Å²) in [5.74, 6) is 0.0986. The fraction of sp³-hybridized carbons (Fsp3) is 0. The SMILES string of the molecule is O=C1c2ccccc2-c2c1c1ccccc1c1nc3ccccc3n21. The topological polar surface area (TPSA) is 34.4 Å². The number of para-hydroxylation sites is 2. The molecule has 3 aromatic carbocycles. The van der Waals surface area contributed by atoms with Crippen LogP contribution < -0.4 is 0 Å². The Morgan fingerprint density at radius 1 is 0.720 bits per heavy atom. The minimum Gasteiger partial charge on any atom is -0.291 e. The van der Waals surface area contributed by atoms with Crippen molar-refractivity contribution in [2.45, 2.75) is 0 Å². The van der Waals surface area contributed by atoms with Gasteiger partial charge in [0.05, 0.1) is 22.3 Å². The van der Waals surface area contributed by atoms with E-state index < -0.39 is 0 Å². The Kier molecular flexibility index (Phi) is 2.24. The fourth-order valence-corrected chi connectivity index (χ4v) is 4.08. The Balaban J connectivity index is 2.00. The van der Waals surface area contributed by atoms with Crippen LogP contribution in [-0.2, 0) is 0 Å². The summed E-state index contributed by atoms with van der Waals surface area (Å²) in [7, 11) is 0. The molecule has 0 spiro atoms. The lowest BCUT2D eigenvalue weighted by molar-refractivity contribution is 0.104. The van der Waals surface area contributed by atoms with Gasteiger partial charge in [0.25, 0.3) is 0 Å². The zero-order valence-electron chi connectivity index (χ0n) is 13.2. The summed E-state index contributed by atoms with van der Waals surface area (Å²) < 4.78 is 2.15. The average molecular weight is 320 g/mol. The highest BCUT2D eigenvalue weighted by Gasteiger charge is 2.32. The minimum absolute atomic E-state index is 0.0986. The van der Waals surface area contributed by atoms with E-state index in [1.54, 1.807) is 0 Å². The van der Waals surface area contributed by atoms with Gasteiger partial charge in [0.1, 0.15) is 5.65 Å². The van der Waals surface area contributed by atoms with Crippen LogP contribution in [0.1, 0.15) is 15.9 Å². The Hall–Kier alpha value is -3.46. The van der Waals surface area contributed by atoms with Crippen LogP contribution in [0, 0.1) is 0 Å². The lowest BCUT2D eigenvalue weighted by Gasteiger charge is -2.10. The van der Waals surface area contributed by atoms with Gasteiger partial charge in [0.2, 0.25) is 0 Å². The summed E-state index contributed by atoms with van der Waals surface area (Å²) >= 11 is 0. The molecular formula is C22H12N2O. The number of imidazole rings is 1. The first kappa shape index (κ1) is 12.9. The van der Waals surface area contributed by atoms with Gasteiger partial charge in [0, 0.05) is 16.5 Å². The predicted octanol–water partition coefficient (Wildman–Crippen LogP) is 4.85. The van der Waals surface area contributed by atoms with Gasteiger partial charge >= 0.3 is 0 Å². The molecule has 0 unspecified atom stereocenters. The van der Waals surface area contributed by atoms with E-state index in [1.807, 2.05) is 66.7 Å². The smallest absolute Gasteiger partial charge is 0.196 e. The molecule has 0 amide bonds. The van der Waals surface area contributed by atoms with E-state index in [0.717, 1.165) is 49.8 Å². The number of aromatic nitrogens is 2. The summed E-state index contributed by atoms with van der Waals surface area (Å²) in [5.41, 5.74) is 6.38. The van der Waals surface area contributed by atoms with Crippen molar-refractivity contribution in [3.05, 3.63) is 83.9 Å². The third kappa shape index (κ3) is 1.46. The molecule has 25 heavy (non-hydrogen) atoms. The van der Waals surface area contributed by atoms with Crippen molar-refractivity contribution < 1.29 is 4.79 Å². The molecule has 3 heteroatoms. The van der Waals surface area contributed by atoms with Crippen molar-refractivity contribution in [1.82, 2.24) is 9.38 Å². The van der Waals surface area contributed by atoms with E-state index in [9.17, 15) is 4.79 Å². The molecular weight excluding hydrogens is 308 g/mol. The molecule has 6 rings (SSSR count). The monoisotopic (exact) mass is 320 g/mol. The van der Waals surface area contributed by atoms with Crippen molar-refractivity contribution in [3.8, 4) is 11.3 Å². The van der Waals surface area contributed by atoms with Crippen LogP contribution in [-0.4, -0.2) is 15.2 Å². The number of ketones is 1. The van der Waals surface area contributed by atoms with Gasteiger partial charge in [-0.3, -0.25) is 9.20 Å². The Morgan fingerprint density at radius 3 is 2.28 bits per heavy atom. The first-order valence-corrected chi connectivity index (χ1v) is 8.30. The Labute approximate surface area is 143 Å². The predicted molar refractivity (Wildman–Crippen MR) is 99.1 cm³/mol. The molecule has 0 fully saturated rings. The number of carbonyl (C=O) groups excluding carboxylic acids is 1. The molecule has 0 saturated carbocycles. The van der Waals surface area contributed by atoms with Crippen LogP contribution in [0.25, 0.3) is 38.7 Å². The van der Waals surface area contributed by atoms with Crippen LogP contribution in [0.5, 0.6) is 0 Å². The Bertz CT molecular complexity index is 1360. The molecule has 1 aliphatic rings. The average Bonchev–Trinajstić information content (AvgIpc) is 3.19. The first-order valence-electron chi connectivity index (χ1n) is 8.30. The van der Waals surface area contributed by atoms with Gasteiger partial charge in [-0.05, 0) is 17.5 Å². The number of pyridine rings is 1. The number of fused-ring (bicyclic) bond motifs is 10. The summed E-state index contributed by atoms with van der Waals surface area (Å²) in [6, 6.07) is 24.0. The lowest BCUT2D eigenvalue weighted by atomic mass is 10.0. The largest absolute Gasteiger partial charge is 0.291 e. The van der Waals surface area contributed by atoms with E-state index in [4.69, 9.17) is 4.98 Å². The summed E-state index contributed by atoms with van der Waals surface area (Å²) in [6.07, 6.45) is 0. The molecule has 0 bridgehead atoms. The zero-order valence-corrected chi connectivity index (χ0v) is 13.2. The number of benzene rings is 3. The van der Waals surface area contributed by atoms with Gasteiger partial charge in [-0.2, -0.15) is 0 Å². The van der Waals surface area contributed by atoms with Crippen LogP contribution >= 0.6 is 0 Å². The van der Waals surface area contributed by atoms with Crippen LogP contribution in [0.2, 0.25) is 0 Å².